The summed E-state index contributed by atoms with van der Waals surface area (Å²) in [6, 6.07) is 8.13. The van der Waals surface area contributed by atoms with Crippen molar-refractivity contribution >= 4 is 33.8 Å². The zero-order valence-electron chi connectivity index (χ0n) is 15.5. The van der Waals surface area contributed by atoms with Gasteiger partial charge < -0.3 is 10.2 Å². The summed E-state index contributed by atoms with van der Waals surface area (Å²) in [4.78, 5) is 28.3. The Morgan fingerprint density at radius 3 is 2.93 bits per heavy atom. The van der Waals surface area contributed by atoms with Crippen LogP contribution in [0.2, 0.25) is 0 Å². The minimum atomic E-state index is -0.402. The van der Waals surface area contributed by atoms with Crippen molar-refractivity contribution in [2.45, 2.75) is 39.5 Å². The topological polar surface area (TPSA) is 73.2 Å². The van der Waals surface area contributed by atoms with Gasteiger partial charge >= 0.3 is 0 Å². The maximum absolute atomic E-state index is 12.8. The van der Waals surface area contributed by atoms with Crippen molar-refractivity contribution in [1.29, 1.82) is 5.26 Å². The van der Waals surface area contributed by atoms with Gasteiger partial charge in [0.15, 0.2) is 0 Å². The quantitative estimate of drug-likeness (QED) is 0.883. The van der Waals surface area contributed by atoms with Crippen molar-refractivity contribution in [2.75, 3.05) is 16.8 Å². The first kappa shape index (κ1) is 17.7. The molecule has 0 unspecified atom stereocenters. The van der Waals surface area contributed by atoms with Crippen molar-refractivity contribution in [3.8, 4) is 6.07 Å². The maximum Gasteiger partial charge on any atom is 0.230 e. The number of carbonyl (C=O) groups is 2. The molecule has 2 amide bonds. The van der Waals surface area contributed by atoms with Gasteiger partial charge in [-0.1, -0.05) is 12.1 Å². The van der Waals surface area contributed by atoms with E-state index < -0.39 is 5.92 Å². The van der Waals surface area contributed by atoms with E-state index in [-0.39, 0.29) is 18.2 Å². The summed E-state index contributed by atoms with van der Waals surface area (Å²) in [6.45, 7) is 4.39. The molecule has 138 valence electrons. The molecule has 5 nitrogen and oxygen atoms in total. The average molecular weight is 379 g/mol. The number of fused-ring (bicyclic) bond motifs is 1. The number of aryl methyl sites for hydroxylation is 2. The molecule has 1 aromatic carbocycles. The number of thiophene rings is 1. The van der Waals surface area contributed by atoms with Crippen molar-refractivity contribution in [1.82, 2.24) is 0 Å². The van der Waals surface area contributed by atoms with Gasteiger partial charge in [0.2, 0.25) is 11.8 Å². The van der Waals surface area contributed by atoms with Crippen LogP contribution in [0.5, 0.6) is 0 Å². The number of nitrogens with zero attached hydrogens (tertiary/aromatic N) is 2. The largest absolute Gasteiger partial charge is 0.316 e. The SMILES string of the molecule is Cc1cccc(N2C[C@@H](C(=O)Nc3sc4c(c3C#N)CCC4)CC2=O)c1C. The molecule has 1 aliphatic carbocycles. The van der Waals surface area contributed by atoms with Crippen LogP contribution in [-0.2, 0) is 22.4 Å². The molecule has 1 N–H and O–H groups in total. The van der Waals surface area contributed by atoms with Gasteiger partial charge in [-0.05, 0) is 55.9 Å². The standard InChI is InChI=1S/C21H21N3O2S/c1-12-5-3-7-17(13(12)2)24-11-14(9-19(24)25)20(26)23-21-16(10-22)15-6-4-8-18(15)27-21/h3,5,7,14H,4,6,8-9,11H2,1-2H3,(H,23,26)/t14-/m0/s1. The number of nitrogens with one attached hydrogen (secondary N) is 1. The predicted octanol–water partition coefficient (Wildman–Crippen LogP) is 3.72. The zero-order chi connectivity index (χ0) is 19.1. The molecule has 0 spiro atoms. The van der Waals surface area contributed by atoms with E-state index in [1.165, 1.54) is 16.2 Å². The molecule has 2 aromatic rings. The molecule has 2 aliphatic rings. The third-order valence-electron chi connectivity index (χ3n) is 5.63. The Kier molecular flexibility index (Phi) is 4.48. The van der Waals surface area contributed by atoms with Gasteiger partial charge in [-0.25, -0.2) is 0 Å². The monoisotopic (exact) mass is 379 g/mol. The van der Waals surface area contributed by atoms with Crippen LogP contribution in [0.3, 0.4) is 0 Å². The van der Waals surface area contributed by atoms with Crippen molar-refractivity contribution < 1.29 is 9.59 Å². The first-order valence-electron chi connectivity index (χ1n) is 9.21. The van der Waals surface area contributed by atoms with Gasteiger partial charge in [0, 0.05) is 23.5 Å². The summed E-state index contributed by atoms with van der Waals surface area (Å²) in [5.74, 6) is -0.605. The van der Waals surface area contributed by atoms with E-state index in [9.17, 15) is 14.9 Å². The summed E-state index contributed by atoms with van der Waals surface area (Å²) >= 11 is 1.51. The Morgan fingerprint density at radius 2 is 2.15 bits per heavy atom. The highest BCUT2D eigenvalue weighted by atomic mass is 32.1. The molecule has 1 atom stereocenters. The number of hydrogen-bond acceptors (Lipinski definition) is 4. The van der Waals surface area contributed by atoms with Gasteiger partial charge in [0.05, 0.1) is 11.5 Å². The number of hydrogen-bond donors (Lipinski definition) is 1. The van der Waals surface area contributed by atoms with Gasteiger partial charge in [-0.2, -0.15) is 5.26 Å². The summed E-state index contributed by atoms with van der Waals surface area (Å²) in [6.07, 6.45) is 3.16. The maximum atomic E-state index is 12.8. The van der Waals surface area contributed by atoms with Gasteiger partial charge in [0.25, 0.3) is 0 Å². The summed E-state index contributed by atoms with van der Waals surface area (Å²) in [5, 5.41) is 13.1. The summed E-state index contributed by atoms with van der Waals surface area (Å²) < 4.78 is 0. The average Bonchev–Trinajstić information content (AvgIpc) is 3.32. The highest BCUT2D eigenvalue weighted by Crippen LogP contribution is 2.39. The number of amides is 2. The Labute approximate surface area is 162 Å². The highest BCUT2D eigenvalue weighted by molar-refractivity contribution is 7.16. The Morgan fingerprint density at radius 1 is 1.33 bits per heavy atom. The van der Waals surface area contributed by atoms with E-state index in [0.29, 0.717) is 17.1 Å². The first-order chi connectivity index (χ1) is 13.0. The minimum absolute atomic E-state index is 0.0296. The lowest BCUT2D eigenvalue weighted by Crippen LogP contribution is -2.28. The van der Waals surface area contributed by atoms with E-state index in [4.69, 9.17) is 0 Å². The minimum Gasteiger partial charge on any atom is -0.316 e. The van der Waals surface area contributed by atoms with E-state index >= 15 is 0 Å². The van der Waals surface area contributed by atoms with Crippen LogP contribution in [0.4, 0.5) is 10.7 Å². The lowest BCUT2D eigenvalue weighted by atomic mass is 10.1. The van der Waals surface area contributed by atoms with E-state index in [0.717, 1.165) is 41.6 Å². The van der Waals surface area contributed by atoms with Gasteiger partial charge in [-0.3, -0.25) is 9.59 Å². The molecule has 0 bridgehead atoms. The molecular weight excluding hydrogens is 358 g/mol. The van der Waals surface area contributed by atoms with Crippen molar-refractivity contribution in [3.05, 3.63) is 45.3 Å². The van der Waals surface area contributed by atoms with E-state index in [2.05, 4.69) is 11.4 Å². The van der Waals surface area contributed by atoms with Crippen LogP contribution in [0, 0.1) is 31.1 Å². The van der Waals surface area contributed by atoms with Crippen LogP contribution in [0.15, 0.2) is 18.2 Å². The smallest absolute Gasteiger partial charge is 0.230 e. The molecule has 27 heavy (non-hydrogen) atoms. The number of carbonyl (C=O) groups excluding carboxylic acids is 2. The molecule has 1 aliphatic heterocycles. The van der Waals surface area contributed by atoms with Crippen molar-refractivity contribution in [3.63, 3.8) is 0 Å². The lowest BCUT2D eigenvalue weighted by molar-refractivity contribution is -0.122. The van der Waals surface area contributed by atoms with Crippen LogP contribution in [0.25, 0.3) is 0 Å². The zero-order valence-corrected chi connectivity index (χ0v) is 16.3. The molecule has 0 saturated carbocycles. The molecule has 1 aromatic heterocycles. The van der Waals surface area contributed by atoms with Crippen LogP contribution < -0.4 is 10.2 Å². The van der Waals surface area contributed by atoms with E-state index in [1.807, 2.05) is 32.0 Å². The molecule has 1 fully saturated rings. The second-order valence-corrected chi connectivity index (χ2v) is 8.39. The Bertz CT molecular complexity index is 986. The van der Waals surface area contributed by atoms with Crippen molar-refractivity contribution in [2.24, 2.45) is 5.92 Å². The molecule has 1 saturated heterocycles. The summed E-state index contributed by atoms with van der Waals surface area (Å²) in [7, 11) is 0. The second-order valence-electron chi connectivity index (χ2n) is 7.29. The Hall–Kier alpha value is -2.65. The van der Waals surface area contributed by atoms with Gasteiger partial charge in [0.1, 0.15) is 11.1 Å². The first-order valence-corrected chi connectivity index (χ1v) is 10.0. The number of anilines is 2. The Balaban J connectivity index is 1.52. The number of rotatable bonds is 3. The van der Waals surface area contributed by atoms with Crippen LogP contribution in [-0.4, -0.2) is 18.4 Å². The molecular formula is C21H21N3O2S. The van der Waals surface area contributed by atoms with Crippen LogP contribution in [0.1, 0.15) is 40.0 Å². The molecule has 4 rings (SSSR count). The number of benzene rings is 1. The fourth-order valence-corrected chi connectivity index (χ4v) is 5.21. The number of nitriles is 1. The highest BCUT2D eigenvalue weighted by Gasteiger charge is 2.36. The fourth-order valence-electron chi connectivity index (χ4n) is 3.97. The van der Waals surface area contributed by atoms with E-state index in [1.54, 1.807) is 4.90 Å². The van der Waals surface area contributed by atoms with Gasteiger partial charge in [-0.15, -0.1) is 11.3 Å². The lowest BCUT2D eigenvalue weighted by Gasteiger charge is -2.20. The second kappa shape index (κ2) is 6.82. The van der Waals surface area contributed by atoms with Crippen LogP contribution >= 0.6 is 11.3 Å². The molecule has 0 radical (unpaired) electrons. The third kappa shape index (κ3) is 3.02. The fraction of sp³-hybridized carbons (Fsp3) is 0.381. The summed E-state index contributed by atoms with van der Waals surface area (Å²) in [5.41, 5.74) is 4.77. The third-order valence-corrected chi connectivity index (χ3v) is 6.84. The normalized spacial score (nSPS) is 18.5. The predicted molar refractivity (Wildman–Crippen MR) is 106 cm³/mol. The molecule has 2 heterocycles. The molecule has 6 heteroatoms.